The number of hydrazine groups is 1. The Morgan fingerprint density at radius 1 is 1.43 bits per heavy atom. The van der Waals surface area contributed by atoms with Gasteiger partial charge in [0.25, 0.3) is 0 Å². The van der Waals surface area contributed by atoms with Gasteiger partial charge in [-0.15, -0.1) is 0 Å². The molecule has 1 atom stereocenters. The van der Waals surface area contributed by atoms with Crippen molar-refractivity contribution in [1.82, 2.24) is 25.0 Å². The second-order valence-corrected chi connectivity index (χ2v) is 5.29. The van der Waals surface area contributed by atoms with Crippen LogP contribution in [0.25, 0.3) is 0 Å². The van der Waals surface area contributed by atoms with Crippen molar-refractivity contribution in [2.75, 3.05) is 7.11 Å². The standard InChI is InChI=1S/C14H24N6O/c1-6-11-10(8-19(4)18-11)13(17-15)14-12(21-5)7-16-20(14)9(2)3/h7-9,13,17H,6,15H2,1-5H3. The maximum Gasteiger partial charge on any atom is 0.161 e. The normalized spacial score (nSPS) is 12.9. The van der Waals surface area contributed by atoms with Crippen LogP contribution >= 0.6 is 0 Å². The van der Waals surface area contributed by atoms with Gasteiger partial charge in [-0.25, -0.2) is 5.43 Å². The van der Waals surface area contributed by atoms with E-state index in [2.05, 4.69) is 36.4 Å². The largest absolute Gasteiger partial charge is 0.493 e. The van der Waals surface area contributed by atoms with Crippen molar-refractivity contribution in [3.05, 3.63) is 29.3 Å². The van der Waals surface area contributed by atoms with Gasteiger partial charge in [0.15, 0.2) is 5.75 Å². The lowest BCUT2D eigenvalue weighted by atomic mass is 10.0. The molecule has 0 spiro atoms. The quantitative estimate of drug-likeness (QED) is 0.620. The van der Waals surface area contributed by atoms with Gasteiger partial charge < -0.3 is 4.74 Å². The number of nitrogens with one attached hydrogen (secondary N) is 1. The highest BCUT2D eigenvalue weighted by atomic mass is 16.5. The Bertz CT molecular complexity index is 601. The highest BCUT2D eigenvalue weighted by molar-refractivity contribution is 5.37. The molecule has 2 heterocycles. The van der Waals surface area contributed by atoms with Gasteiger partial charge in [0.2, 0.25) is 0 Å². The van der Waals surface area contributed by atoms with Crippen LogP contribution in [0.2, 0.25) is 0 Å². The maximum absolute atomic E-state index is 5.84. The third kappa shape index (κ3) is 2.79. The molecule has 0 saturated heterocycles. The number of aromatic nitrogens is 4. The van der Waals surface area contributed by atoms with Crippen molar-refractivity contribution in [2.45, 2.75) is 39.3 Å². The molecule has 2 rings (SSSR count). The van der Waals surface area contributed by atoms with Gasteiger partial charge in [0.1, 0.15) is 5.69 Å². The summed E-state index contributed by atoms with van der Waals surface area (Å²) in [6, 6.07) is -0.00463. The molecular weight excluding hydrogens is 268 g/mol. The summed E-state index contributed by atoms with van der Waals surface area (Å²) < 4.78 is 9.19. The van der Waals surface area contributed by atoms with E-state index in [-0.39, 0.29) is 12.1 Å². The van der Waals surface area contributed by atoms with E-state index in [9.17, 15) is 0 Å². The van der Waals surface area contributed by atoms with E-state index in [1.165, 1.54) is 0 Å². The zero-order chi connectivity index (χ0) is 15.6. The van der Waals surface area contributed by atoms with E-state index in [0.717, 1.165) is 29.1 Å². The van der Waals surface area contributed by atoms with E-state index >= 15 is 0 Å². The molecule has 0 aliphatic heterocycles. The fraction of sp³-hybridized carbons (Fsp3) is 0.571. The van der Waals surface area contributed by atoms with Gasteiger partial charge >= 0.3 is 0 Å². The Labute approximate surface area is 125 Å². The fourth-order valence-electron chi connectivity index (χ4n) is 2.58. The van der Waals surface area contributed by atoms with Crippen LogP contribution in [0.5, 0.6) is 5.75 Å². The summed E-state index contributed by atoms with van der Waals surface area (Å²) in [7, 11) is 3.55. The average Bonchev–Trinajstić information content (AvgIpc) is 3.03. The first-order valence-electron chi connectivity index (χ1n) is 7.13. The summed E-state index contributed by atoms with van der Waals surface area (Å²) in [6.45, 7) is 6.23. The Morgan fingerprint density at radius 3 is 2.67 bits per heavy atom. The molecule has 0 radical (unpaired) electrons. The van der Waals surface area contributed by atoms with E-state index in [0.29, 0.717) is 0 Å². The van der Waals surface area contributed by atoms with E-state index < -0.39 is 0 Å². The molecular formula is C14H24N6O. The smallest absolute Gasteiger partial charge is 0.161 e. The molecule has 0 fully saturated rings. The van der Waals surface area contributed by atoms with E-state index in [4.69, 9.17) is 10.6 Å². The molecule has 0 saturated carbocycles. The first kappa shape index (κ1) is 15.5. The molecule has 7 nitrogen and oxygen atoms in total. The van der Waals surface area contributed by atoms with Crippen molar-refractivity contribution in [3.63, 3.8) is 0 Å². The van der Waals surface area contributed by atoms with Gasteiger partial charge in [-0.1, -0.05) is 6.92 Å². The summed E-state index contributed by atoms with van der Waals surface area (Å²) in [5.41, 5.74) is 5.86. The average molecular weight is 292 g/mol. The maximum atomic E-state index is 5.84. The van der Waals surface area contributed by atoms with Gasteiger partial charge in [-0.05, 0) is 20.3 Å². The minimum Gasteiger partial charge on any atom is -0.493 e. The summed E-state index contributed by atoms with van der Waals surface area (Å²) in [6.07, 6.45) is 4.55. The molecule has 2 aromatic heterocycles. The highest BCUT2D eigenvalue weighted by Gasteiger charge is 2.27. The number of methoxy groups -OCH3 is 1. The molecule has 7 heteroatoms. The fourth-order valence-corrected chi connectivity index (χ4v) is 2.58. The molecule has 0 aliphatic carbocycles. The third-order valence-corrected chi connectivity index (χ3v) is 3.53. The lowest BCUT2D eigenvalue weighted by molar-refractivity contribution is 0.394. The number of hydrogen-bond acceptors (Lipinski definition) is 5. The zero-order valence-electron chi connectivity index (χ0n) is 13.3. The SMILES string of the molecule is CCc1nn(C)cc1C(NN)c1c(OC)cnn1C(C)C. The molecule has 2 aromatic rings. The van der Waals surface area contributed by atoms with Gasteiger partial charge in [0.05, 0.1) is 25.0 Å². The van der Waals surface area contributed by atoms with Crippen LogP contribution in [0.3, 0.4) is 0 Å². The Morgan fingerprint density at radius 2 is 2.14 bits per heavy atom. The molecule has 0 aliphatic rings. The highest BCUT2D eigenvalue weighted by Crippen LogP contribution is 2.32. The number of ether oxygens (including phenoxy) is 1. The Balaban J connectivity index is 2.58. The Hall–Kier alpha value is -1.86. The van der Waals surface area contributed by atoms with Crippen molar-refractivity contribution < 1.29 is 4.74 Å². The van der Waals surface area contributed by atoms with Crippen LogP contribution in [-0.4, -0.2) is 26.7 Å². The monoisotopic (exact) mass is 292 g/mol. The van der Waals surface area contributed by atoms with Crippen LogP contribution < -0.4 is 16.0 Å². The molecule has 0 bridgehead atoms. The summed E-state index contributed by atoms with van der Waals surface area (Å²) >= 11 is 0. The zero-order valence-corrected chi connectivity index (χ0v) is 13.3. The first-order chi connectivity index (χ1) is 10.0. The van der Waals surface area contributed by atoms with Gasteiger partial charge in [0, 0.05) is 24.8 Å². The predicted octanol–water partition coefficient (Wildman–Crippen LogP) is 1.32. The molecule has 0 aromatic carbocycles. The van der Waals surface area contributed by atoms with Crippen molar-refractivity contribution in [3.8, 4) is 5.75 Å². The number of aryl methyl sites for hydroxylation is 2. The van der Waals surface area contributed by atoms with Gasteiger partial charge in [-0.3, -0.25) is 15.2 Å². The molecule has 116 valence electrons. The third-order valence-electron chi connectivity index (χ3n) is 3.53. The van der Waals surface area contributed by atoms with Crippen LogP contribution in [-0.2, 0) is 13.5 Å². The van der Waals surface area contributed by atoms with Crippen LogP contribution in [0.15, 0.2) is 12.4 Å². The number of nitrogens with zero attached hydrogens (tertiary/aromatic N) is 4. The second kappa shape index (κ2) is 6.28. The Kier molecular flexibility index (Phi) is 4.64. The van der Waals surface area contributed by atoms with Crippen molar-refractivity contribution in [1.29, 1.82) is 0 Å². The minimum absolute atomic E-state index is 0.210. The van der Waals surface area contributed by atoms with Gasteiger partial charge in [-0.2, -0.15) is 10.2 Å². The van der Waals surface area contributed by atoms with Crippen molar-refractivity contribution in [2.24, 2.45) is 12.9 Å². The molecule has 0 amide bonds. The molecule has 21 heavy (non-hydrogen) atoms. The number of hydrogen-bond donors (Lipinski definition) is 2. The predicted molar refractivity (Wildman–Crippen MR) is 80.9 cm³/mol. The molecule has 3 N–H and O–H groups in total. The van der Waals surface area contributed by atoms with Crippen LogP contribution in [0, 0.1) is 0 Å². The molecule has 1 unspecified atom stereocenters. The lowest BCUT2D eigenvalue weighted by Crippen LogP contribution is -2.31. The number of nitrogens with two attached hydrogens (primary N) is 1. The topological polar surface area (TPSA) is 82.9 Å². The summed E-state index contributed by atoms with van der Waals surface area (Å²) in [5.74, 6) is 6.56. The summed E-state index contributed by atoms with van der Waals surface area (Å²) in [4.78, 5) is 0. The van der Waals surface area contributed by atoms with E-state index in [1.807, 2.05) is 17.9 Å². The van der Waals surface area contributed by atoms with Crippen LogP contribution in [0.1, 0.15) is 49.8 Å². The second-order valence-electron chi connectivity index (χ2n) is 5.29. The van der Waals surface area contributed by atoms with E-state index in [1.54, 1.807) is 18.0 Å². The van der Waals surface area contributed by atoms with Crippen LogP contribution in [0.4, 0.5) is 0 Å². The first-order valence-corrected chi connectivity index (χ1v) is 7.13. The lowest BCUT2D eigenvalue weighted by Gasteiger charge is -2.20. The van der Waals surface area contributed by atoms with Crippen molar-refractivity contribution >= 4 is 0 Å². The number of rotatable bonds is 6. The minimum atomic E-state index is -0.214. The summed E-state index contributed by atoms with van der Waals surface area (Å²) in [5, 5.41) is 8.90.